The van der Waals surface area contributed by atoms with Gasteiger partial charge in [0.1, 0.15) is 6.61 Å². The molecule has 0 bridgehead atoms. The smallest absolute Gasteiger partial charge is 0.338 e. The van der Waals surface area contributed by atoms with Crippen LogP contribution in [0.3, 0.4) is 0 Å². The Balaban J connectivity index is 1.46. The summed E-state index contributed by atoms with van der Waals surface area (Å²) in [5.74, 6) is -0.135. The molecule has 6 nitrogen and oxygen atoms in total. The fraction of sp³-hybridized carbons (Fsp3) is 0.0909. The zero-order valence-electron chi connectivity index (χ0n) is 16.3. The maximum atomic E-state index is 12.5. The molecule has 0 N–H and O–H groups in total. The second-order valence-electron chi connectivity index (χ2n) is 6.77. The van der Waals surface area contributed by atoms with Crippen LogP contribution in [-0.4, -0.2) is 26.2 Å². The highest BCUT2D eigenvalue weighted by Crippen LogP contribution is 2.23. The SMILES string of the molecule is O=C(OCc1ccc(Cl)cc1Cl)c1cccc(-c2nnn(Cc3ccc(Cl)cc3Cl)n2)c1. The summed E-state index contributed by atoms with van der Waals surface area (Å²) in [7, 11) is 0. The zero-order chi connectivity index (χ0) is 22.7. The van der Waals surface area contributed by atoms with Crippen molar-refractivity contribution in [2.24, 2.45) is 0 Å². The van der Waals surface area contributed by atoms with E-state index in [4.69, 9.17) is 51.1 Å². The molecule has 0 saturated carbocycles. The number of ether oxygens (including phenoxy) is 1. The molecule has 0 aliphatic rings. The van der Waals surface area contributed by atoms with E-state index >= 15 is 0 Å². The van der Waals surface area contributed by atoms with Crippen molar-refractivity contribution in [1.29, 1.82) is 0 Å². The molecule has 4 rings (SSSR count). The average Bonchev–Trinajstić information content (AvgIpc) is 3.24. The van der Waals surface area contributed by atoms with Crippen LogP contribution >= 0.6 is 46.4 Å². The number of benzene rings is 3. The van der Waals surface area contributed by atoms with Crippen LogP contribution in [0.5, 0.6) is 0 Å². The van der Waals surface area contributed by atoms with Gasteiger partial charge >= 0.3 is 5.97 Å². The van der Waals surface area contributed by atoms with Gasteiger partial charge in [0, 0.05) is 31.2 Å². The molecule has 10 heteroatoms. The molecule has 0 atom stereocenters. The molecule has 4 aromatic rings. The highest BCUT2D eigenvalue weighted by Gasteiger charge is 2.13. The number of halogens is 4. The van der Waals surface area contributed by atoms with Gasteiger partial charge in [-0.1, -0.05) is 70.7 Å². The number of carbonyl (C=O) groups is 1. The molecule has 0 unspecified atom stereocenters. The molecule has 0 aliphatic heterocycles. The number of carbonyl (C=O) groups excluding carboxylic acids is 1. The third kappa shape index (κ3) is 5.40. The lowest BCUT2D eigenvalue weighted by atomic mass is 10.1. The number of hydrogen-bond acceptors (Lipinski definition) is 5. The van der Waals surface area contributed by atoms with E-state index < -0.39 is 5.97 Å². The predicted molar refractivity (Wildman–Crippen MR) is 124 cm³/mol. The molecule has 162 valence electrons. The Morgan fingerprint density at radius 1 is 0.875 bits per heavy atom. The number of aromatic nitrogens is 4. The summed E-state index contributed by atoms with van der Waals surface area (Å²) in [6, 6.07) is 17.0. The van der Waals surface area contributed by atoms with Crippen LogP contribution in [0.25, 0.3) is 11.4 Å². The van der Waals surface area contributed by atoms with Gasteiger partial charge in [-0.25, -0.2) is 4.79 Å². The standard InChI is InChI=1S/C22H14Cl4N4O2/c23-17-6-4-15(19(25)9-17)11-30-28-21(27-29-30)13-2-1-3-14(8-13)22(31)32-12-16-5-7-18(24)10-20(16)26/h1-10H,11-12H2. The second kappa shape index (κ2) is 9.88. The Morgan fingerprint density at radius 3 is 2.25 bits per heavy atom. The van der Waals surface area contributed by atoms with Crippen LogP contribution in [0.1, 0.15) is 21.5 Å². The Labute approximate surface area is 203 Å². The fourth-order valence-corrected chi connectivity index (χ4v) is 3.81. The summed E-state index contributed by atoms with van der Waals surface area (Å²) in [6.45, 7) is 0.349. The van der Waals surface area contributed by atoms with Crippen molar-refractivity contribution in [1.82, 2.24) is 20.2 Å². The minimum atomic E-state index is -0.502. The number of rotatable bonds is 6. The zero-order valence-corrected chi connectivity index (χ0v) is 19.3. The normalized spacial score (nSPS) is 10.9. The van der Waals surface area contributed by atoms with E-state index in [1.807, 2.05) is 0 Å². The van der Waals surface area contributed by atoms with E-state index in [2.05, 4.69) is 15.4 Å². The summed E-state index contributed by atoms with van der Waals surface area (Å²) < 4.78 is 5.38. The van der Waals surface area contributed by atoms with Crippen molar-refractivity contribution >= 4 is 52.4 Å². The minimum absolute atomic E-state index is 0.0232. The van der Waals surface area contributed by atoms with E-state index in [0.29, 0.717) is 49.2 Å². The molecule has 0 radical (unpaired) electrons. The van der Waals surface area contributed by atoms with Crippen LogP contribution in [-0.2, 0) is 17.9 Å². The Bertz CT molecular complexity index is 1290. The molecule has 0 aliphatic carbocycles. The van der Waals surface area contributed by atoms with Crippen LogP contribution < -0.4 is 0 Å². The van der Waals surface area contributed by atoms with Gasteiger partial charge < -0.3 is 4.74 Å². The van der Waals surface area contributed by atoms with E-state index in [1.54, 1.807) is 60.7 Å². The van der Waals surface area contributed by atoms with Gasteiger partial charge in [0.15, 0.2) is 0 Å². The largest absolute Gasteiger partial charge is 0.457 e. The maximum Gasteiger partial charge on any atom is 0.338 e. The van der Waals surface area contributed by atoms with E-state index in [9.17, 15) is 4.79 Å². The lowest BCUT2D eigenvalue weighted by Crippen LogP contribution is -2.06. The molecule has 0 spiro atoms. The number of esters is 1. The minimum Gasteiger partial charge on any atom is -0.457 e. The lowest BCUT2D eigenvalue weighted by molar-refractivity contribution is 0.0473. The fourth-order valence-electron chi connectivity index (χ4n) is 2.88. The van der Waals surface area contributed by atoms with Gasteiger partial charge in [-0.2, -0.15) is 4.80 Å². The van der Waals surface area contributed by atoms with Gasteiger partial charge in [-0.05, 0) is 47.2 Å². The van der Waals surface area contributed by atoms with Crippen molar-refractivity contribution in [2.75, 3.05) is 0 Å². The first-order chi connectivity index (χ1) is 15.4. The maximum absolute atomic E-state index is 12.5. The second-order valence-corrected chi connectivity index (χ2v) is 8.46. The van der Waals surface area contributed by atoms with Gasteiger partial charge in [-0.15, -0.1) is 10.2 Å². The van der Waals surface area contributed by atoms with Crippen molar-refractivity contribution in [3.05, 3.63) is 97.4 Å². The molecule has 0 amide bonds. The van der Waals surface area contributed by atoms with Crippen molar-refractivity contribution < 1.29 is 9.53 Å². The van der Waals surface area contributed by atoms with Gasteiger partial charge in [0.05, 0.1) is 12.1 Å². The summed E-state index contributed by atoms with van der Waals surface area (Å²) in [5.41, 5.74) is 2.44. The molecule has 32 heavy (non-hydrogen) atoms. The highest BCUT2D eigenvalue weighted by atomic mass is 35.5. The number of tetrazole rings is 1. The first kappa shape index (κ1) is 22.6. The summed E-state index contributed by atoms with van der Waals surface area (Å²) in [6.07, 6.45) is 0. The molecule has 0 saturated heterocycles. The Kier molecular flexibility index (Phi) is 6.96. The molecular weight excluding hydrogens is 494 g/mol. The van der Waals surface area contributed by atoms with Crippen LogP contribution in [0, 0.1) is 0 Å². The topological polar surface area (TPSA) is 69.9 Å². The third-order valence-corrected chi connectivity index (χ3v) is 5.68. The van der Waals surface area contributed by atoms with Crippen LogP contribution in [0.2, 0.25) is 20.1 Å². The van der Waals surface area contributed by atoms with Crippen LogP contribution in [0.15, 0.2) is 60.7 Å². The molecule has 1 aromatic heterocycles. The van der Waals surface area contributed by atoms with Crippen molar-refractivity contribution in [2.45, 2.75) is 13.2 Å². The quantitative estimate of drug-likeness (QED) is 0.284. The molecule has 3 aromatic carbocycles. The first-order valence-electron chi connectivity index (χ1n) is 9.32. The van der Waals surface area contributed by atoms with Gasteiger partial charge in [0.25, 0.3) is 0 Å². The summed E-state index contributed by atoms with van der Waals surface area (Å²) in [4.78, 5) is 13.9. The van der Waals surface area contributed by atoms with Gasteiger partial charge in [0.2, 0.25) is 5.82 Å². The number of nitrogens with zero attached hydrogens (tertiary/aromatic N) is 4. The van der Waals surface area contributed by atoms with E-state index in [0.717, 1.165) is 5.56 Å². The predicted octanol–water partition coefficient (Wildman–Crippen LogP) is 6.36. The molecular formula is C22H14Cl4N4O2. The van der Waals surface area contributed by atoms with E-state index in [1.165, 1.54) is 4.80 Å². The van der Waals surface area contributed by atoms with Crippen LogP contribution in [0.4, 0.5) is 0 Å². The Morgan fingerprint density at radius 2 is 1.56 bits per heavy atom. The Hall–Kier alpha value is -2.64. The van der Waals surface area contributed by atoms with E-state index in [-0.39, 0.29) is 6.61 Å². The van der Waals surface area contributed by atoms with Gasteiger partial charge in [-0.3, -0.25) is 0 Å². The van der Waals surface area contributed by atoms with Crippen molar-refractivity contribution in [3.8, 4) is 11.4 Å². The average molecular weight is 508 g/mol. The van der Waals surface area contributed by atoms with Crippen molar-refractivity contribution in [3.63, 3.8) is 0 Å². The molecule has 1 heterocycles. The molecule has 0 fully saturated rings. The number of hydrogen-bond donors (Lipinski definition) is 0. The third-order valence-electron chi connectivity index (χ3n) is 4.51. The summed E-state index contributed by atoms with van der Waals surface area (Å²) in [5, 5.41) is 14.5. The summed E-state index contributed by atoms with van der Waals surface area (Å²) >= 11 is 24.2. The highest BCUT2D eigenvalue weighted by molar-refractivity contribution is 6.35. The lowest BCUT2D eigenvalue weighted by Gasteiger charge is -2.07. The first-order valence-corrected chi connectivity index (χ1v) is 10.8. The monoisotopic (exact) mass is 506 g/mol.